The van der Waals surface area contributed by atoms with Crippen LogP contribution in [0.1, 0.15) is 28.5 Å². The molecule has 2 heterocycles. The summed E-state index contributed by atoms with van der Waals surface area (Å²) in [4.78, 5) is 0. The number of thiophene rings is 1. The molecule has 0 saturated heterocycles. The van der Waals surface area contributed by atoms with Crippen LogP contribution in [-0.4, -0.2) is 6.61 Å². The van der Waals surface area contributed by atoms with Crippen molar-refractivity contribution in [1.29, 1.82) is 0 Å². The summed E-state index contributed by atoms with van der Waals surface area (Å²) in [6.45, 7) is 0.833. The smallest absolute Gasteiger partial charge is 0.122 e. The first-order valence-electron chi connectivity index (χ1n) is 5.87. The average molecular weight is 391 g/mol. The van der Waals surface area contributed by atoms with Gasteiger partial charge in [0.1, 0.15) is 5.75 Å². The van der Waals surface area contributed by atoms with Crippen LogP contribution in [0.5, 0.6) is 5.75 Å². The molecule has 1 aliphatic rings. The lowest BCUT2D eigenvalue weighted by Gasteiger charge is -2.19. The van der Waals surface area contributed by atoms with E-state index >= 15 is 0 Å². The molecule has 0 saturated carbocycles. The van der Waals surface area contributed by atoms with Crippen LogP contribution >= 0.6 is 45.5 Å². The molecule has 1 unspecified atom stereocenters. The second-order valence-corrected chi connectivity index (χ2v) is 7.61. The van der Waals surface area contributed by atoms with Crippen LogP contribution in [0.2, 0.25) is 0 Å². The Kier molecular flexibility index (Phi) is 3.82. The summed E-state index contributed by atoms with van der Waals surface area (Å²) in [5.41, 5.74) is 3.63. The van der Waals surface area contributed by atoms with Crippen molar-refractivity contribution in [3.63, 3.8) is 0 Å². The fraction of sp³-hybridized carbons (Fsp3) is 0.286. The Hall–Kier alpha value is -0.260. The van der Waals surface area contributed by atoms with E-state index in [1.165, 1.54) is 14.0 Å². The minimum atomic E-state index is -0.0583. The lowest BCUT2D eigenvalue weighted by molar-refractivity contribution is 0.288. The third-order valence-corrected chi connectivity index (χ3v) is 5.42. The number of hydrogen-bond acceptors (Lipinski definition) is 2. The van der Waals surface area contributed by atoms with E-state index in [0.717, 1.165) is 30.8 Å². The SMILES string of the molecule is ClC(c1csc(I)c1)c1ccc2c(c1)CCCO2. The average Bonchev–Trinajstić information content (AvgIpc) is 2.84. The van der Waals surface area contributed by atoms with E-state index in [-0.39, 0.29) is 5.38 Å². The molecule has 0 N–H and O–H groups in total. The van der Waals surface area contributed by atoms with Crippen molar-refractivity contribution < 1.29 is 4.74 Å². The molecule has 1 aromatic heterocycles. The molecule has 0 fully saturated rings. The molecular weight excluding hydrogens is 379 g/mol. The van der Waals surface area contributed by atoms with Crippen LogP contribution in [-0.2, 0) is 6.42 Å². The van der Waals surface area contributed by atoms with Crippen LogP contribution in [0.15, 0.2) is 29.6 Å². The van der Waals surface area contributed by atoms with Crippen molar-refractivity contribution in [2.24, 2.45) is 0 Å². The van der Waals surface area contributed by atoms with E-state index < -0.39 is 0 Å². The van der Waals surface area contributed by atoms with Crippen molar-refractivity contribution in [3.05, 3.63) is 49.2 Å². The van der Waals surface area contributed by atoms with Crippen LogP contribution in [0.25, 0.3) is 0 Å². The van der Waals surface area contributed by atoms with Gasteiger partial charge in [0.15, 0.2) is 0 Å². The minimum absolute atomic E-state index is 0.0583. The summed E-state index contributed by atoms with van der Waals surface area (Å²) in [5, 5.41) is 2.08. The van der Waals surface area contributed by atoms with Gasteiger partial charge < -0.3 is 4.74 Å². The second-order valence-electron chi connectivity index (χ2n) is 4.37. The summed E-state index contributed by atoms with van der Waals surface area (Å²) in [6, 6.07) is 8.47. The maximum atomic E-state index is 6.55. The Bertz CT molecular complexity index is 567. The van der Waals surface area contributed by atoms with E-state index in [2.05, 4.69) is 52.2 Å². The highest BCUT2D eigenvalue weighted by Gasteiger charge is 2.16. The highest BCUT2D eigenvalue weighted by atomic mass is 127. The Labute approximate surface area is 129 Å². The van der Waals surface area contributed by atoms with Gasteiger partial charge >= 0.3 is 0 Å². The Balaban J connectivity index is 1.92. The highest BCUT2D eigenvalue weighted by Crippen LogP contribution is 2.35. The van der Waals surface area contributed by atoms with E-state index in [1.54, 1.807) is 11.3 Å². The molecule has 3 rings (SSSR count). The van der Waals surface area contributed by atoms with Gasteiger partial charge in [0.2, 0.25) is 0 Å². The molecule has 1 atom stereocenters. The monoisotopic (exact) mass is 390 g/mol. The Morgan fingerprint density at radius 2 is 2.17 bits per heavy atom. The van der Waals surface area contributed by atoms with Gasteiger partial charge in [0, 0.05) is 0 Å². The molecular formula is C14H12ClIOS. The number of halogens is 2. The van der Waals surface area contributed by atoms with Crippen LogP contribution < -0.4 is 4.74 Å². The Morgan fingerprint density at radius 3 is 2.94 bits per heavy atom. The van der Waals surface area contributed by atoms with Gasteiger partial charge in [-0.1, -0.05) is 12.1 Å². The number of aryl methyl sites for hydroxylation is 1. The van der Waals surface area contributed by atoms with Crippen LogP contribution in [0.4, 0.5) is 0 Å². The molecule has 0 amide bonds. The normalized spacial score (nSPS) is 15.9. The fourth-order valence-electron chi connectivity index (χ4n) is 2.19. The summed E-state index contributed by atoms with van der Waals surface area (Å²) in [5.74, 6) is 1.02. The number of rotatable bonds is 2. The van der Waals surface area contributed by atoms with Crippen LogP contribution in [0.3, 0.4) is 0 Å². The third kappa shape index (κ3) is 2.53. The third-order valence-electron chi connectivity index (χ3n) is 3.11. The van der Waals surface area contributed by atoms with E-state index in [9.17, 15) is 0 Å². The van der Waals surface area contributed by atoms with Crippen molar-refractivity contribution in [2.45, 2.75) is 18.2 Å². The predicted molar refractivity (Wildman–Crippen MR) is 85.0 cm³/mol. The number of hydrogen-bond donors (Lipinski definition) is 0. The second kappa shape index (κ2) is 5.39. The summed E-state index contributed by atoms with van der Waals surface area (Å²) in [6.07, 6.45) is 2.19. The lowest BCUT2D eigenvalue weighted by atomic mass is 10.00. The highest BCUT2D eigenvalue weighted by molar-refractivity contribution is 14.1. The predicted octanol–water partition coefficient (Wildman–Crippen LogP) is 5.01. The van der Waals surface area contributed by atoms with Gasteiger partial charge in [-0.25, -0.2) is 0 Å². The lowest BCUT2D eigenvalue weighted by Crippen LogP contribution is -2.08. The molecule has 94 valence electrons. The molecule has 18 heavy (non-hydrogen) atoms. The largest absolute Gasteiger partial charge is 0.493 e. The van der Waals surface area contributed by atoms with Gasteiger partial charge in [-0.05, 0) is 69.6 Å². The summed E-state index contributed by atoms with van der Waals surface area (Å²) in [7, 11) is 0. The molecule has 0 bridgehead atoms. The number of ether oxygens (including phenoxy) is 1. The molecule has 0 aliphatic carbocycles. The van der Waals surface area contributed by atoms with E-state index in [4.69, 9.17) is 16.3 Å². The first-order chi connectivity index (χ1) is 8.74. The zero-order valence-electron chi connectivity index (χ0n) is 9.66. The van der Waals surface area contributed by atoms with Crippen molar-refractivity contribution >= 4 is 45.5 Å². The first-order valence-corrected chi connectivity index (χ1v) is 8.27. The summed E-state index contributed by atoms with van der Waals surface area (Å²) >= 11 is 10.6. The van der Waals surface area contributed by atoms with Gasteiger partial charge in [-0.15, -0.1) is 22.9 Å². The van der Waals surface area contributed by atoms with Gasteiger partial charge in [-0.2, -0.15) is 0 Å². The standard InChI is InChI=1S/C14H12ClIOS/c15-14(11-7-13(16)18-8-11)10-3-4-12-9(6-10)2-1-5-17-12/h3-4,6-8,14H,1-2,5H2. The molecule has 1 aromatic carbocycles. The van der Waals surface area contributed by atoms with Gasteiger partial charge in [0.25, 0.3) is 0 Å². The van der Waals surface area contributed by atoms with Gasteiger partial charge in [-0.3, -0.25) is 0 Å². The van der Waals surface area contributed by atoms with Crippen molar-refractivity contribution in [1.82, 2.24) is 0 Å². The van der Waals surface area contributed by atoms with Crippen molar-refractivity contribution in [3.8, 4) is 5.75 Å². The first kappa shape index (κ1) is 12.8. The molecule has 0 spiro atoms. The number of benzene rings is 1. The van der Waals surface area contributed by atoms with Gasteiger partial charge in [0.05, 0.1) is 14.9 Å². The zero-order chi connectivity index (χ0) is 12.5. The zero-order valence-corrected chi connectivity index (χ0v) is 13.4. The molecule has 0 radical (unpaired) electrons. The van der Waals surface area contributed by atoms with E-state index in [1.807, 2.05) is 0 Å². The van der Waals surface area contributed by atoms with Crippen LogP contribution in [0, 0.1) is 2.88 Å². The topological polar surface area (TPSA) is 9.23 Å². The summed E-state index contributed by atoms with van der Waals surface area (Å²) < 4.78 is 6.90. The molecule has 2 aromatic rings. The number of fused-ring (bicyclic) bond motifs is 1. The van der Waals surface area contributed by atoms with Crippen molar-refractivity contribution in [2.75, 3.05) is 6.61 Å². The maximum absolute atomic E-state index is 6.55. The number of alkyl halides is 1. The molecule has 1 aliphatic heterocycles. The molecule has 4 heteroatoms. The fourth-order valence-corrected chi connectivity index (χ4v) is 3.92. The molecule has 1 nitrogen and oxygen atoms in total. The quantitative estimate of drug-likeness (QED) is 0.517. The maximum Gasteiger partial charge on any atom is 0.122 e. The Morgan fingerprint density at radius 1 is 1.28 bits per heavy atom. The minimum Gasteiger partial charge on any atom is -0.493 e. The van der Waals surface area contributed by atoms with E-state index in [0.29, 0.717) is 0 Å².